The second kappa shape index (κ2) is 8.19. The maximum atomic E-state index is 12.5. The standard InChI is InChI=1S/C20H19OPS/c21-23(20-14-8-3-9-15-20)17-16-22(18-10-4-1-5-11-18)19-12-6-2-7-13-19/h1-15H,16-17H2/t23-/m0/s1. The van der Waals surface area contributed by atoms with Crippen molar-refractivity contribution in [3.05, 3.63) is 91.0 Å². The molecule has 0 saturated carbocycles. The maximum Gasteiger partial charge on any atom is 0.0533 e. The third-order valence-electron chi connectivity index (χ3n) is 3.64. The molecular formula is C20H19OPS. The molecule has 0 radical (unpaired) electrons. The quantitative estimate of drug-likeness (QED) is 0.623. The molecule has 0 unspecified atom stereocenters. The average molecular weight is 338 g/mol. The Morgan fingerprint density at radius 1 is 0.652 bits per heavy atom. The zero-order chi connectivity index (χ0) is 15.9. The zero-order valence-electron chi connectivity index (χ0n) is 12.8. The number of hydrogen-bond donors (Lipinski definition) is 0. The third-order valence-corrected chi connectivity index (χ3v) is 7.83. The van der Waals surface area contributed by atoms with Crippen LogP contribution < -0.4 is 10.6 Å². The Bertz CT molecular complexity index is 705. The van der Waals surface area contributed by atoms with Crippen molar-refractivity contribution in [3.8, 4) is 0 Å². The summed E-state index contributed by atoms with van der Waals surface area (Å²) in [5.74, 6) is 0.694. The van der Waals surface area contributed by atoms with Gasteiger partial charge in [-0.05, 0) is 36.8 Å². The van der Waals surface area contributed by atoms with Crippen molar-refractivity contribution in [1.82, 2.24) is 0 Å². The summed E-state index contributed by atoms with van der Waals surface area (Å²) in [4.78, 5) is 0.920. The van der Waals surface area contributed by atoms with E-state index in [1.165, 1.54) is 10.6 Å². The Kier molecular flexibility index (Phi) is 5.74. The van der Waals surface area contributed by atoms with Crippen molar-refractivity contribution in [3.63, 3.8) is 0 Å². The Morgan fingerprint density at radius 2 is 1.09 bits per heavy atom. The van der Waals surface area contributed by atoms with Crippen molar-refractivity contribution < 1.29 is 4.21 Å². The summed E-state index contributed by atoms with van der Waals surface area (Å²) in [5.41, 5.74) is 0. The highest BCUT2D eigenvalue weighted by Crippen LogP contribution is 2.33. The second-order valence-electron chi connectivity index (χ2n) is 5.19. The van der Waals surface area contributed by atoms with Crippen LogP contribution in [0.5, 0.6) is 0 Å². The van der Waals surface area contributed by atoms with Gasteiger partial charge in [-0.2, -0.15) is 0 Å². The van der Waals surface area contributed by atoms with E-state index in [2.05, 4.69) is 48.5 Å². The van der Waals surface area contributed by atoms with E-state index in [0.29, 0.717) is 5.75 Å². The highest BCUT2D eigenvalue weighted by molar-refractivity contribution is 7.86. The van der Waals surface area contributed by atoms with Gasteiger partial charge in [-0.25, -0.2) is 0 Å². The predicted octanol–water partition coefficient (Wildman–Crippen LogP) is 3.93. The molecule has 1 nitrogen and oxygen atoms in total. The van der Waals surface area contributed by atoms with Crippen LogP contribution in [0, 0.1) is 0 Å². The molecule has 3 rings (SSSR count). The van der Waals surface area contributed by atoms with E-state index >= 15 is 0 Å². The fourth-order valence-corrected chi connectivity index (χ4v) is 6.46. The molecule has 0 spiro atoms. The van der Waals surface area contributed by atoms with E-state index in [0.717, 1.165) is 11.1 Å². The van der Waals surface area contributed by atoms with Crippen molar-refractivity contribution >= 4 is 29.3 Å². The van der Waals surface area contributed by atoms with Crippen LogP contribution in [0.1, 0.15) is 0 Å². The van der Waals surface area contributed by atoms with Crippen LogP contribution in [0.25, 0.3) is 0 Å². The molecule has 3 aromatic rings. The molecule has 23 heavy (non-hydrogen) atoms. The lowest BCUT2D eigenvalue weighted by molar-refractivity contribution is 0.684. The SMILES string of the molecule is O=[S@@](CCP(c1ccccc1)c1ccccc1)c1ccccc1. The molecule has 0 aliphatic carbocycles. The molecule has 0 fully saturated rings. The van der Waals surface area contributed by atoms with Crippen LogP contribution >= 0.6 is 7.92 Å². The summed E-state index contributed by atoms with van der Waals surface area (Å²) in [6.07, 6.45) is 0.935. The molecule has 0 aromatic heterocycles. The smallest absolute Gasteiger partial charge is 0.0533 e. The summed E-state index contributed by atoms with van der Waals surface area (Å²) in [5, 5.41) is 2.69. The van der Waals surface area contributed by atoms with Gasteiger partial charge in [0.05, 0.1) is 10.8 Å². The van der Waals surface area contributed by atoms with Gasteiger partial charge < -0.3 is 0 Å². The molecule has 0 saturated heterocycles. The van der Waals surface area contributed by atoms with Crippen molar-refractivity contribution in [1.29, 1.82) is 0 Å². The topological polar surface area (TPSA) is 17.1 Å². The predicted molar refractivity (Wildman–Crippen MR) is 102 cm³/mol. The molecule has 3 aromatic carbocycles. The van der Waals surface area contributed by atoms with Crippen LogP contribution in [-0.2, 0) is 10.8 Å². The molecular weight excluding hydrogens is 319 g/mol. The Labute approximate surface area is 141 Å². The fourth-order valence-electron chi connectivity index (χ4n) is 2.49. The minimum atomic E-state index is -0.935. The highest BCUT2D eigenvalue weighted by Gasteiger charge is 2.15. The van der Waals surface area contributed by atoms with Gasteiger partial charge in [-0.3, -0.25) is 4.21 Å². The maximum absolute atomic E-state index is 12.5. The summed E-state index contributed by atoms with van der Waals surface area (Å²) >= 11 is 0. The van der Waals surface area contributed by atoms with Crippen molar-refractivity contribution in [2.24, 2.45) is 0 Å². The Balaban J connectivity index is 1.79. The minimum absolute atomic E-state index is 0.467. The van der Waals surface area contributed by atoms with Gasteiger partial charge in [-0.15, -0.1) is 0 Å². The van der Waals surface area contributed by atoms with E-state index < -0.39 is 18.7 Å². The molecule has 0 aliphatic rings. The Hall–Kier alpha value is -1.76. The van der Waals surface area contributed by atoms with Crippen LogP contribution in [-0.4, -0.2) is 16.1 Å². The first kappa shape index (κ1) is 16.1. The van der Waals surface area contributed by atoms with Gasteiger partial charge >= 0.3 is 0 Å². The minimum Gasteiger partial charge on any atom is -0.254 e. The molecule has 0 amide bonds. The monoisotopic (exact) mass is 338 g/mol. The van der Waals surface area contributed by atoms with E-state index in [9.17, 15) is 4.21 Å². The normalized spacial score (nSPS) is 12.2. The first-order valence-electron chi connectivity index (χ1n) is 7.65. The lowest BCUT2D eigenvalue weighted by Gasteiger charge is -2.18. The molecule has 116 valence electrons. The number of rotatable bonds is 6. The summed E-state index contributed by atoms with van der Waals surface area (Å²) in [6, 6.07) is 30.9. The van der Waals surface area contributed by atoms with Gasteiger partial charge in [0.1, 0.15) is 0 Å². The van der Waals surface area contributed by atoms with Crippen LogP contribution in [0.4, 0.5) is 0 Å². The molecule has 0 heterocycles. The highest BCUT2D eigenvalue weighted by atomic mass is 32.2. The lowest BCUT2D eigenvalue weighted by atomic mass is 10.4. The molecule has 0 bridgehead atoms. The first-order valence-corrected chi connectivity index (χ1v) is 10.5. The van der Waals surface area contributed by atoms with Gasteiger partial charge in [0, 0.05) is 10.6 Å². The lowest BCUT2D eigenvalue weighted by Crippen LogP contribution is -2.17. The summed E-state index contributed by atoms with van der Waals surface area (Å²) in [7, 11) is -1.40. The van der Waals surface area contributed by atoms with E-state index in [1.54, 1.807) is 0 Å². The zero-order valence-corrected chi connectivity index (χ0v) is 14.5. The Morgan fingerprint density at radius 3 is 1.57 bits per heavy atom. The molecule has 0 N–H and O–H groups in total. The van der Waals surface area contributed by atoms with E-state index in [4.69, 9.17) is 0 Å². The van der Waals surface area contributed by atoms with Gasteiger partial charge in [0.2, 0.25) is 0 Å². The van der Waals surface area contributed by atoms with Gasteiger partial charge in [0.25, 0.3) is 0 Å². The van der Waals surface area contributed by atoms with Crippen molar-refractivity contribution in [2.45, 2.75) is 4.90 Å². The van der Waals surface area contributed by atoms with Crippen molar-refractivity contribution in [2.75, 3.05) is 11.9 Å². The molecule has 0 aliphatic heterocycles. The molecule has 1 atom stereocenters. The largest absolute Gasteiger partial charge is 0.254 e. The fraction of sp³-hybridized carbons (Fsp3) is 0.100. The summed E-state index contributed by atoms with van der Waals surface area (Å²) < 4.78 is 12.5. The van der Waals surface area contributed by atoms with Gasteiger partial charge in [0.15, 0.2) is 0 Å². The first-order chi connectivity index (χ1) is 11.3. The number of hydrogen-bond acceptors (Lipinski definition) is 1. The van der Waals surface area contributed by atoms with Crippen LogP contribution in [0.3, 0.4) is 0 Å². The third kappa shape index (κ3) is 4.37. The van der Waals surface area contributed by atoms with E-state index in [1.807, 2.05) is 42.5 Å². The van der Waals surface area contributed by atoms with Crippen LogP contribution in [0.15, 0.2) is 95.9 Å². The molecule has 3 heteroatoms. The second-order valence-corrected chi connectivity index (χ2v) is 9.09. The van der Waals surface area contributed by atoms with Gasteiger partial charge in [-0.1, -0.05) is 78.9 Å². The van der Waals surface area contributed by atoms with Crippen LogP contribution in [0.2, 0.25) is 0 Å². The number of benzene rings is 3. The summed E-state index contributed by atoms with van der Waals surface area (Å²) in [6.45, 7) is 0. The average Bonchev–Trinajstić information content (AvgIpc) is 2.64. The van der Waals surface area contributed by atoms with E-state index in [-0.39, 0.29) is 0 Å².